The molecule has 0 aromatic rings. The number of likely N-dealkylation sites (N-methyl/N-ethyl adjacent to an activating group) is 1. The Kier molecular flexibility index (Phi) is 18.0. The first kappa shape index (κ1) is 31.5. The third-order valence-electron chi connectivity index (χ3n) is 4.11. The molecule has 0 rings (SSSR count). The van der Waals surface area contributed by atoms with E-state index in [1.54, 1.807) is 0 Å². The van der Waals surface area contributed by atoms with E-state index in [1.807, 2.05) is 33.3 Å². The average Bonchev–Trinajstić information content (AvgIpc) is 2.73. The van der Waals surface area contributed by atoms with Crippen LogP contribution in [0.3, 0.4) is 0 Å². The molecule has 9 heteroatoms. The molecular formula is C24H42NO7P. The first-order valence-corrected chi connectivity index (χ1v) is 12.9. The van der Waals surface area contributed by atoms with E-state index >= 15 is 0 Å². The molecule has 1 N–H and O–H groups in total. The second kappa shape index (κ2) is 18.8. The minimum absolute atomic E-state index is 0.0212. The topological polar surface area (TPSA) is 105 Å². The lowest BCUT2D eigenvalue weighted by Crippen LogP contribution is -2.37. The van der Waals surface area contributed by atoms with Gasteiger partial charge in [-0.2, -0.15) is 0 Å². The molecule has 0 heterocycles. The van der Waals surface area contributed by atoms with Crippen LogP contribution in [0.1, 0.15) is 45.4 Å². The third kappa shape index (κ3) is 23.4. The van der Waals surface area contributed by atoms with Crippen LogP contribution < -0.4 is 4.89 Å². The molecular weight excluding hydrogens is 445 g/mol. The molecule has 0 spiro atoms. The van der Waals surface area contributed by atoms with Crippen LogP contribution >= 0.6 is 7.82 Å². The highest BCUT2D eigenvalue weighted by Gasteiger charge is 2.16. The Hall–Kier alpha value is -1.54. The predicted octanol–water partition coefficient (Wildman–Crippen LogP) is 3.68. The number of allylic oxidation sites excluding steroid dienone is 8. The first-order valence-electron chi connectivity index (χ1n) is 11.4. The highest BCUT2D eigenvalue weighted by molar-refractivity contribution is 7.45. The van der Waals surface area contributed by atoms with Gasteiger partial charge in [0.05, 0.1) is 27.7 Å². The summed E-state index contributed by atoms with van der Waals surface area (Å²) in [5, 5.41) is 9.75. The van der Waals surface area contributed by atoms with Crippen LogP contribution in [0.15, 0.2) is 48.6 Å². The summed E-state index contributed by atoms with van der Waals surface area (Å²) in [6.45, 7) is 1.70. The Balaban J connectivity index is 3.84. The van der Waals surface area contributed by atoms with Crippen LogP contribution in [0.4, 0.5) is 0 Å². The van der Waals surface area contributed by atoms with Crippen molar-refractivity contribution >= 4 is 13.8 Å². The van der Waals surface area contributed by atoms with Crippen molar-refractivity contribution in [2.75, 3.05) is 47.5 Å². The van der Waals surface area contributed by atoms with Gasteiger partial charge in [-0.1, -0.05) is 55.5 Å². The molecule has 0 aliphatic carbocycles. The van der Waals surface area contributed by atoms with Crippen molar-refractivity contribution in [3.63, 3.8) is 0 Å². The lowest BCUT2D eigenvalue weighted by molar-refractivity contribution is -0.870. The van der Waals surface area contributed by atoms with Gasteiger partial charge in [0.25, 0.3) is 7.82 Å². The van der Waals surface area contributed by atoms with Gasteiger partial charge < -0.3 is 28.3 Å². The van der Waals surface area contributed by atoms with E-state index in [2.05, 4.69) is 47.9 Å². The van der Waals surface area contributed by atoms with E-state index in [1.165, 1.54) is 0 Å². The van der Waals surface area contributed by atoms with Crippen LogP contribution in [0, 0.1) is 0 Å². The van der Waals surface area contributed by atoms with Crippen LogP contribution in [-0.2, 0) is 23.1 Å². The van der Waals surface area contributed by atoms with Crippen molar-refractivity contribution in [2.24, 2.45) is 0 Å². The molecule has 0 radical (unpaired) electrons. The molecule has 190 valence electrons. The second-order valence-corrected chi connectivity index (χ2v) is 9.88. The Bertz CT molecular complexity index is 681. The van der Waals surface area contributed by atoms with Gasteiger partial charge in [0.15, 0.2) is 0 Å². The number of quaternary nitrogens is 1. The maximum absolute atomic E-state index is 11.7. The number of hydrogen-bond donors (Lipinski definition) is 1. The molecule has 0 amide bonds. The summed E-state index contributed by atoms with van der Waals surface area (Å²) in [7, 11) is 1.20. The standard InChI is InChI=1S/C24H42NO7P/c1-5-6-7-8-9-10-11-12-13-14-15-16-17-18-24(27)30-21-23(26)22-32-33(28,29)31-20-19-25(2,3)4/h6-7,9-10,12-13,15-16,23,26H,5,8,11,14,17-22H2,1-4H3/b7-6-,10-9-,13-12-,16-15-. The average molecular weight is 488 g/mol. The first-order chi connectivity index (χ1) is 15.6. The maximum Gasteiger partial charge on any atom is 0.306 e. The number of hydrogen-bond acceptors (Lipinski definition) is 7. The number of phosphoric ester groups is 1. The molecule has 0 fully saturated rings. The lowest BCUT2D eigenvalue weighted by atomic mass is 10.2. The number of carbonyl (C=O) groups excluding carboxylic acids is 1. The fourth-order valence-corrected chi connectivity index (χ4v) is 2.98. The minimum Gasteiger partial charge on any atom is -0.756 e. The number of phosphoric acid groups is 1. The van der Waals surface area contributed by atoms with Crippen molar-refractivity contribution in [3.8, 4) is 0 Å². The normalized spacial score (nSPS) is 15.7. The fraction of sp³-hybridized carbons (Fsp3) is 0.625. The number of ether oxygens (including phenoxy) is 1. The SMILES string of the molecule is CC/C=C\C/C=C\C/C=C\C/C=C\CCC(=O)OCC(O)COP(=O)([O-])OCC[N+](C)(C)C. The molecule has 0 bridgehead atoms. The van der Waals surface area contributed by atoms with Gasteiger partial charge in [-0.05, 0) is 32.1 Å². The molecule has 0 saturated heterocycles. The van der Waals surface area contributed by atoms with Crippen LogP contribution in [-0.4, -0.2) is 69.2 Å². The lowest BCUT2D eigenvalue weighted by Gasteiger charge is -2.27. The van der Waals surface area contributed by atoms with E-state index in [0.29, 0.717) is 17.4 Å². The number of aliphatic hydroxyl groups is 1. The van der Waals surface area contributed by atoms with E-state index in [4.69, 9.17) is 9.26 Å². The molecule has 0 aliphatic heterocycles. The monoisotopic (exact) mass is 487 g/mol. The fourth-order valence-electron chi connectivity index (χ4n) is 2.25. The summed E-state index contributed by atoms with van der Waals surface area (Å²) in [6.07, 6.45) is 19.8. The van der Waals surface area contributed by atoms with Crippen molar-refractivity contribution in [1.82, 2.24) is 0 Å². The molecule has 0 saturated carbocycles. The second-order valence-electron chi connectivity index (χ2n) is 8.47. The van der Waals surface area contributed by atoms with E-state index < -0.39 is 26.5 Å². The minimum atomic E-state index is -4.51. The van der Waals surface area contributed by atoms with E-state index in [0.717, 1.165) is 25.7 Å². The zero-order chi connectivity index (χ0) is 25.0. The highest BCUT2D eigenvalue weighted by atomic mass is 31.2. The van der Waals surface area contributed by atoms with Gasteiger partial charge in [-0.3, -0.25) is 9.36 Å². The Morgan fingerprint density at radius 1 is 0.939 bits per heavy atom. The highest BCUT2D eigenvalue weighted by Crippen LogP contribution is 2.38. The quantitative estimate of drug-likeness (QED) is 0.128. The molecule has 2 atom stereocenters. The van der Waals surface area contributed by atoms with Gasteiger partial charge in [-0.25, -0.2) is 0 Å². The Morgan fingerprint density at radius 3 is 2.03 bits per heavy atom. The van der Waals surface area contributed by atoms with Crippen molar-refractivity contribution in [3.05, 3.63) is 48.6 Å². The van der Waals surface area contributed by atoms with Crippen molar-refractivity contribution in [1.29, 1.82) is 0 Å². The zero-order valence-electron chi connectivity index (χ0n) is 20.6. The Morgan fingerprint density at radius 2 is 1.48 bits per heavy atom. The number of aliphatic hydroxyl groups excluding tert-OH is 1. The van der Waals surface area contributed by atoms with Gasteiger partial charge in [0, 0.05) is 6.42 Å². The molecule has 2 unspecified atom stereocenters. The number of rotatable bonds is 19. The molecule has 33 heavy (non-hydrogen) atoms. The van der Waals surface area contributed by atoms with Gasteiger partial charge in [-0.15, -0.1) is 0 Å². The summed E-state index contributed by atoms with van der Waals surface area (Å²) in [5.74, 6) is -0.471. The summed E-state index contributed by atoms with van der Waals surface area (Å²) in [4.78, 5) is 23.4. The van der Waals surface area contributed by atoms with Gasteiger partial charge in [0.2, 0.25) is 0 Å². The zero-order valence-corrected chi connectivity index (χ0v) is 21.5. The van der Waals surface area contributed by atoms with Crippen molar-refractivity contribution < 1.29 is 37.6 Å². The van der Waals surface area contributed by atoms with Crippen LogP contribution in [0.25, 0.3) is 0 Å². The molecule has 8 nitrogen and oxygen atoms in total. The van der Waals surface area contributed by atoms with E-state index in [-0.39, 0.29) is 19.6 Å². The number of esters is 1. The van der Waals surface area contributed by atoms with Crippen molar-refractivity contribution in [2.45, 2.75) is 51.6 Å². The summed E-state index contributed by atoms with van der Waals surface area (Å²) < 4.78 is 26.5. The van der Waals surface area contributed by atoms with Gasteiger partial charge in [0.1, 0.15) is 25.9 Å². The third-order valence-corrected chi connectivity index (χ3v) is 5.07. The summed E-state index contributed by atoms with van der Waals surface area (Å²) >= 11 is 0. The molecule has 0 aliphatic rings. The molecule has 0 aromatic carbocycles. The predicted molar refractivity (Wildman–Crippen MR) is 129 cm³/mol. The van der Waals surface area contributed by atoms with Crippen LogP contribution in [0.2, 0.25) is 0 Å². The van der Waals surface area contributed by atoms with Crippen LogP contribution in [0.5, 0.6) is 0 Å². The smallest absolute Gasteiger partial charge is 0.306 e. The largest absolute Gasteiger partial charge is 0.756 e. The van der Waals surface area contributed by atoms with Gasteiger partial charge >= 0.3 is 5.97 Å². The van der Waals surface area contributed by atoms with E-state index in [9.17, 15) is 19.4 Å². The summed E-state index contributed by atoms with van der Waals surface area (Å²) in [6, 6.07) is 0. The Labute approximate surface area is 199 Å². The summed E-state index contributed by atoms with van der Waals surface area (Å²) in [5.41, 5.74) is 0. The molecule has 0 aromatic heterocycles. The number of nitrogens with zero attached hydrogens (tertiary/aromatic N) is 1. The number of carbonyl (C=O) groups is 1. The maximum atomic E-state index is 11.7.